The Bertz CT molecular complexity index is 2730. The molecule has 2 nitrogen and oxygen atoms in total. The average molecular weight is 678 g/mol. The molecule has 1 heterocycles. The molecule has 0 atom stereocenters. The third-order valence-electron chi connectivity index (χ3n) is 11.5. The van der Waals surface area contributed by atoms with Crippen LogP contribution >= 0.6 is 11.6 Å². The summed E-state index contributed by atoms with van der Waals surface area (Å²) in [5.41, 5.74) is 17.3. The fourth-order valence-electron chi connectivity index (χ4n) is 8.89. The Balaban J connectivity index is 1.15. The lowest BCUT2D eigenvalue weighted by Crippen LogP contribution is -2.16. The molecular weight excluding hydrogens is 642 g/mol. The van der Waals surface area contributed by atoms with Crippen LogP contribution < -0.4 is 4.90 Å². The summed E-state index contributed by atoms with van der Waals surface area (Å²) in [4.78, 5) is 2.36. The normalized spacial score (nSPS) is 14.7. The van der Waals surface area contributed by atoms with Gasteiger partial charge in [-0.2, -0.15) is 0 Å². The van der Waals surface area contributed by atoms with E-state index in [2.05, 4.69) is 166 Å². The second kappa shape index (κ2) is 10.7. The Morgan fingerprint density at radius 1 is 0.431 bits per heavy atom. The van der Waals surface area contributed by atoms with E-state index in [0.717, 1.165) is 55.2 Å². The topological polar surface area (TPSA) is 16.4 Å². The Hall–Kier alpha value is -5.57. The Morgan fingerprint density at radius 2 is 1.02 bits per heavy atom. The van der Waals surface area contributed by atoms with E-state index in [9.17, 15) is 0 Å². The van der Waals surface area contributed by atoms with E-state index >= 15 is 0 Å². The highest BCUT2D eigenvalue weighted by Crippen LogP contribution is 2.53. The van der Waals surface area contributed by atoms with Crippen molar-refractivity contribution in [3.63, 3.8) is 0 Å². The summed E-state index contributed by atoms with van der Waals surface area (Å²) in [6.45, 7) is 9.30. The van der Waals surface area contributed by atoms with Gasteiger partial charge in [0.2, 0.25) is 0 Å². The highest BCUT2D eigenvalue weighted by atomic mass is 35.5. The minimum absolute atomic E-state index is 0.119. The lowest BCUT2D eigenvalue weighted by atomic mass is 9.81. The summed E-state index contributed by atoms with van der Waals surface area (Å²) in [5.74, 6) is 0. The third-order valence-corrected chi connectivity index (χ3v) is 11.8. The van der Waals surface area contributed by atoms with Gasteiger partial charge in [0, 0.05) is 55.3 Å². The summed E-state index contributed by atoms with van der Waals surface area (Å²) in [5, 5.41) is 2.99. The summed E-state index contributed by atoms with van der Waals surface area (Å²) in [6, 6.07) is 52.6. The van der Waals surface area contributed by atoms with Crippen LogP contribution in [-0.2, 0) is 10.8 Å². The Labute approximate surface area is 303 Å². The van der Waals surface area contributed by atoms with Crippen LogP contribution in [0.4, 0.5) is 17.1 Å². The minimum Gasteiger partial charge on any atom is -0.456 e. The predicted octanol–water partition coefficient (Wildman–Crippen LogP) is 14.0. The number of para-hydroxylation sites is 1. The monoisotopic (exact) mass is 677 g/mol. The van der Waals surface area contributed by atoms with Crippen molar-refractivity contribution in [1.29, 1.82) is 0 Å². The number of nitrogens with zero attached hydrogens (tertiary/aromatic N) is 1. The number of halogens is 1. The van der Waals surface area contributed by atoms with E-state index in [1.807, 2.05) is 12.1 Å². The molecule has 8 aromatic rings. The van der Waals surface area contributed by atoms with Crippen molar-refractivity contribution in [2.75, 3.05) is 4.90 Å². The van der Waals surface area contributed by atoms with Crippen molar-refractivity contribution >= 4 is 50.6 Å². The molecule has 0 aliphatic heterocycles. The van der Waals surface area contributed by atoms with Crippen LogP contribution in [0.15, 0.2) is 150 Å². The van der Waals surface area contributed by atoms with Crippen molar-refractivity contribution in [1.82, 2.24) is 0 Å². The lowest BCUT2D eigenvalue weighted by Gasteiger charge is -2.28. The predicted molar refractivity (Wildman–Crippen MR) is 214 cm³/mol. The summed E-state index contributed by atoms with van der Waals surface area (Å²) < 4.78 is 6.42. The number of rotatable bonds is 4. The Kier molecular flexibility index (Phi) is 6.36. The van der Waals surface area contributed by atoms with Crippen LogP contribution in [0.25, 0.3) is 55.3 Å². The van der Waals surface area contributed by atoms with E-state index in [1.165, 1.54) is 44.5 Å². The van der Waals surface area contributed by atoms with Crippen molar-refractivity contribution in [2.24, 2.45) is 0 Å². The number of fused-ring (bicyclic) bond motifs is 9. The molecule has 0 saturated heterocycles. The van der Waals surface area contributed by atoms with E-state index in [1.54, 1.807) is 0 Å². The zero-order chi connectivity index (χ0) is 34.6. The summed E-state index contributed by atoms with van der Waals surface area (Å²) in [7, 11) is 0. The smallest absolute Gasteiger partial charge is 0.137 e. The second-order valence-electron chi connectivity index (χ2n) is 15.1. The molecule has 1 aromatic heterocycles. The van der Waals surface area contributed by atoms with Gasteiger partial charge in [0.25, 0.3) is 0 Å². The molecule has 246 valence electrons. The molecule has 0 radical (unpaired) electrons. The molecule has 0 amide bonds. The molecule has 0 saturated carbocycles. The molecule has 10 rings (SSSR count). The first-order valence-electron chi connectivity index (χ1n) is 17.7. The molecule has 7 aromatic carbocycles. The van der Waals surface area contributed by atoms with Crippen LogP contribution in [0.5, 0.6) is 0 Å². The van der Waals surface area contributed by atoms with Gasteiger partial charge < -0.3 is 9.32 Å². The van der Waals surface area contributed by atoms with Gasteiger partial charge in [-0.25, -0.2) is 0 Å². The van der Waals surface area contributed by atoms with Gasteiger partial charge in [0.15, 0.2) is 0 Å². The number of anilines is 3. The van der Waals surface area contributed by atoms with Gasteiger partial charge in [0.05, 0.1) is 0 Å². The standard InChI is InChI=1S/C48H36ClNO/c1-47(2)40-17-8-5-14-33(40)35-22-20-31(25-42(35)47)50(32-21-23-37-36-16-7-10-19-45(36)51-46(37)26-32)30-13-11-12-29(24-30)38-27-43-39(28-44(38)49)34-15-6-9-18-41(34)48(43,3)4/h5-28H,1-4H3. The molecule has 3 heteroatoms. The van der Waals surface area contributed by atoms with Gasteiger partial charge in [0.1, 0.15) is 11.2 Å². The SMILES string of the molecule is CC1(C)c2ccccc2-c2ccc(N(c3cccc(-c4cc5c(cc4Cl)-c4ccccc4C5(C)C)c3)c3ccc4c(c3)oc3ccccc34)cc21. The summed E-state index contributed by atoms with van der Waals surface area (Å²) >= 11 is 7.19. The quantitative estimate of drug-likeness (QED) is 0.184. The first-order chi connectivity index (χ1) is 24.7. The van der Waals surface area contributed by atoms with Gasteiger partial charge >= 0.3 is 0 Å². The van der Waals surface area contributed by atoms with Crippen molar-refractivity contribution in [2.45, 2.75) is 38.5 Å². The Morgan fingerprint density at radius 3 is 1.80 bits per heavy atom. The van der Waals surface area contributed by atoms with E-state index in [0.29, 0.717) is 0 Å². The van der Waals surface area contributed by atoms with Crippen molar-refractivity contribution in [3.05, 3.63) is 173 Å². The zero-order valence-electron chi connectivity index (χ0n) is 29.1. The van der Waals surface area contributed by atoms with E-state index < -0.39 is 0 Å². The fourth-order valence-corrected chi connectivity index (χ4v) is 9.16. The van der Waals surface area contributed by atoms with Crippen LogP contribution in [-0.4, -0.2) is 0 Å². The minimum atomic E-state index is -0.125. The van der Waals surface area contributed by atoms with Crippen molar-refractivity contribution in [3.8, 4) is 33.4 Å². The zero-order valence-corrected chi connectivity index (χ0v) is 29.8. The maximum Gasteiger partial charge on any atom is 0.137 e. The number of hydrogen-bond donors (Lipinski definition) is 0. The van der Waals surface area contributed by atoms with Crippen LogP contribution in [0.1, 0.15) is 49.9 Å². The summed E-state index contributed by atoms with van der Waals surface area (Å²) in [6.07, 6.45) is 0. The van der Waals surface area contributed by atoms with Gasteiger partial charge in [-0.1, -0.05) is 124 Å². The molecule has 51 heavy (non-hydrogen) atoms. The maximum absolute atomic E-state index is 7.19. The molecule has 0 N–H and O–H groups in total. The van der Waals surface area contributed by atoms with Gasteiger partial charge in [-0.05, 0) is 105 Å². The molecule has 2 aliphatic carbocycles. The largest absolute Gasteiger partial charge is 0.456 e. The number of furan rings is 1. The number of benzene rings is 7. The first kappa shape index (κ1) is 30.3. The van der Waals surface area contributed by atoms with Gasteiger partial charge in [-0.3, -0.25) is 0 Å². The van der Waals surface area contributed by atoms with Crippen LogP contribution in [0.2, 0.25) is 5.02 Å². The molecule has 0 unspecified atom stereocenters. The van der Waals surface area contributed by atoms with Crippen molar-refractivity contribution < 1.29 is 4.42 Å². The maximum atomic E-state index is 7.19. The molecule has 0 bridgehead atoms. The third kappa shape index (κ3) is 4.36. The second-order valence-corrected chi connectivity index (χ2v) is 15.5. The van der Waals surface area contributed by atoms with Gasteiger partial charge in [-0.15, -0.1) is 0 Å². The fraction of sp³-hybridized carbons (Fsp3) is 0.125. The van der Waals surface area contributed by atoms with Crippen LogP contribution in [0, 0.1) is 0 Å². The average Bonchev–Trinajstić information content (AvgIpc) is 3.71. The van der Waals surface area contributed by atoms with E-state index in [-0.39, 0.29) is 10.8 Å². The van der Waals surface area contributed by atoms with Crippen LogP contribution in [0.3, 0.4) is 0 Å². The highest BCUT2D eigenvalue weighted by Gasteiger charge is 2.37. The molecule has 2 aliphatic rings. The number of hydrogen-bond acceptors (Lipinski definition) is 2. The molecule has 0 fully saturated rings. The highest BCUT2D eigenvalue weighted by molar-refractivity contribution is 6.33. The van der Waals surface area contributed by atoms with E-state index in [4.69, 9.17) is 16.0 Å². The molecular formula is C48H36ClNO. The molecule has 0 spiro atoms. The lowest BCUT2D eigenvalue weighted by molar-refractivity contribution is 0.660. The first-order valence-corrected chi connectivity index (χ1v) is 18.1.